The fraction of sp³-hybridized carbons (Fsp3) is 0.200. The molecular formula is C25H21N3O5S. The third-order valence-electron chi connectivity index (χ3n) is 5.39. The van der Waals surface area contributed by atoms with Gasteiger partial charge in [-0.1, -0.05) is 17.3 Å². The predicted molar refractivity (Wildman–Crippen MR) is 127 cm³/mol. The highest BCUT2D eigenvalue weighted by atomic mass is 32.1. The molecule has 0 unspecified atom stereocenters. The first-order valence-corrected chi connectivity index (χ1v) is 11.4. The third kappa shape index (κ3) is 3.94. The van der Waals surface area contributed by atoms with Gasteiger partial charge in [-0.05, 0) is 45.0 Å². The third-order valence-corrected chi connectivity index (χ3v) is 6.32. The molecule has 0 radical (unpaired) electrons. The number of ether oxygens (including phenoxy) is 2. The van der Waals surface area contributed by atoms with Crippen molar-refractivity contribution in [3.63, 3.8) is 0 Å². The number of para-hydroxylation sites is 1. The Balaban J connectivity index is 1.43. The van der Waals surface area contributed by atoms with Crippen molar-refractivity contribution in [3.8, 4) is 27.6 Å². The van der Waals surface area contributed by atoms with E-state index in [0.29, 0.717) is 33.8 Å². The van der Waals surface area contributed by atoms with Crippen molar-refractivity contribution in [2.45, 2.75) is 27.4 Å². The number of thiazole rings is 1. The van der Waals surface area contributed by atoms with E-state index in [4.69, 9.17) is 18.4 Å². The standard InChI is InChI=1S/C25H21N3O5S/c1-13-9-18(15(3)32-13)20-10-19(22-14(2)28-33-23(22)27-20)25(29)31-11-16-12-34-24(26-16)17-7-5-6-8-21(17)30-4/h5-10,12H,11H2,1-4H3. The SMILES string of the molecule is COc1ccccc1-c1nc(COC(=O)c2cc(-c3cc(C)oc3C)nc3onc(C)c23)cs1. The second-order valence-electron chi connectivity index (χ2n) is 7.75. The monoisotopic (exact) mass is 475 g/mol. The number of aryl methyl sites for hydroxylation is 3. The lowest BCUT2D eigenvalue weighted by molar-refractivity contribution is 0.0470. The number of carbonyl (C=O) groups is 1. The number of hydrogen-bond donors (Lipinski definition) is 0. The van der Waals surface area contributed by atoms with Crippen LogP contribution in [0.15, 0.2) is 50.7 Å². The molecule has 0 aliphatic heterocycles. The number of fused-ring (bicyclic) bond motifs is 1. The number of pyridine rings is 1. The zero-order chi connectivity index (χ0) is 23.8. The molecule has 5 rings (SSSR count). The smallest absolute Gasteiger partial charge is 0.339 e. The molecule has 8 nitrogen and oxygen atoms in total. The lowest BCUT2D eigenvalue weighted by Gasteiger charge is -2.07. The van der Waals surface area contributed by atoms with Gasteiger partial charge in [0, 0.05) is 10.9 Å². The van der Waals surface area contributed by atoms with Gasteiger partial charge in [0.1, 0.15) is 28.9 Å². The van der Waals surface area contributed by atoms with E-state index in [2.05, 4.69) is 15.1 Å². The van der Waals surface area contributed by atoms with Gasteiger partial charge >= 0.3 is 5.97 Å². The summed E-state index contributed by atoms with van der Waals surface area (Å²) in [5, 5.41) is 7.16. The van der Waals surface area contributed by atoms with Crippen LogP contribution in [0.5, 0.6) is 5.75 Å². The van der Waals surface area contributed by atoms with E-state index in [1.54, 1.807) is 20.1 Å². The van der Waals surface area contributed by atoms with E-state index in [9.17, 15) is 4.79 Å². The molecular weight excluding hydrogens is 454 g/mol. The van der Waals surface area contributed by atoms with E-state index in [1.807, 2.05) is 49.6 Å². The number of benzene rings is 1. The van der Waals surface area contributed by atoms with Crippen molar-refractivity contribution in [2.24, 2.45) is 0 Å². The zero-order valence-electron chi connectivity index (χ0n) is 19.0. The Labute approximate surface area is 199 Å². The Morgan fingerprint density at radius 2 is 1.91 bits per heavy atom. The highest BCUT2D eigenvalue weighted by Crippen LogP contribution is 2.33. The number of esters is 1. The zero-order valence-corrected chi connectivity index (χ0v) is 19.9. The van der Waals surface area contributed by atoms with Gasteiger partial charge in [-0.15, -0.1) is 11.3 Å². The first-order valence-electron chi connectivity index (χ1n) is 10.5. The maximum atomic E-state index is 13.1. The molecule has 0 saturated heterocycles. The number of aromatic nitrogens is 3. The number of nitrogens with zero attached hydrogens (tertiary/aromatic N) is 3. The summed E-state index contributed by atoms with van der Waals surface area (Å²) >= 11 is 1.46. The number of hydrogen-bond acceptors (Lipinski definition) is 9. The van der Waals surface area contributed by atoms with Crippen LogP contribution in [0.1, 0.15) is 33.3 Å². The van der Waals surface area contributed by atoms with Crippen molar-refractivity contribution in [1.29, 1.82) is 0 Å². The highest BCUT2D eigenvalue weighted by molar-refractivity contribution is 7.13. The first-order chi connectivity index (χ1) is 16.4. The van der Waals surface area contributed by atoms with Crippen LogP contribution in [-0.4, -0.2) is 28.2 Å². The Morgan fingerprint density at radius 3 is 2.68 bits per heavy atom. The minimum Gasteiger partial charge on any atom is -0.496 e. The van der Waals surface area contributed by atoms with Crippen LogP contribution in [0, 0.1) is 20.8 Å². The average molecular weight is 476 g/mol. The second-order valence-corrected chi connectivity index (χ2v) is 8.61. The molecule has 0 bridgehead atoms. The fourth-order valence-corrected chi connectivity index (χ4v) is 4.65. The van der Waals surface area contributed by atoms with Gasteiger partial charge in [0.25, 0.3) is 5.71 Å². The number of methoxy groups -OCH3 is 1. The van der Waals surface area contributed by atoms with Crippen LogP contribution in [0.2, 0.25) is 0 Å². The predicted octanol–water partition coefficient (Wildman–Crippen LogP) is 5.90. The molecule has 34 heavy (non-hydrogen) atoms. The normalized spacial score (nSPS) is 11.2. The van der Waals surface area contributed by atoms with Gasteiger partial charge in [-0.2, -0.15) is 0 Å². The lowest BCUT2D eigenvalue weighted by atomic mass is 10.1. The molecule has 0 saturated carbocycles. The Hall–Kier alpha value is -3.98. The molecule has 9 heteroatoms. The molecule has 0 aliphatic rings. The number of furan rings is 1. The summed E-state index contributed by atoms with van der Waals surface area (Å²) < 4.78 is 22.0. The molecule has 1 aromatic carbocycles. The summed E-state index contributed by atoms with van der Waals surface area (Å²) in [7, 11) is 1.62. The minimum atomic E-state index is -0.510. The summed E-state index contributed by atoms with van der Waals surface area (Å²) in [4.78, 5) is 22.3. The first kappa shape index (κ1) is 21.8. The molecule has 0 amide bonds. The Bertz CT molecular complexity index is 1510. The molecule has 0 N–H and O–H groups in total. The topological polar surface area (TPSA) is 100 Å². The van der Waals surface area contributed by atoms with E-state index >= 15 is 0 Å². The average Bonchev–Trinajstić information content (AvgIpc) is 3.55. The van der Waals surface area contributed by atoms with Gasteiger partial charge in [0.2, 0.25) is 0 Å². The van der Waals surface area contributed by atoms with Crippen molar-refractivity contribution >= 4 is 28.4 Å². The van der Waals surface area contributed by atoms with Crippen LogP contribution >= 0.6 is 11.3 Å². The summed E-state index contributed by atoms with van der Waals surface area (Å²) in [6.07, 6.45) is 0. The van der Waals surface area contributed by atoms with Crippen LogP contribution in [-0.2, 0) is 11.3 Å². The van der Waals surface area contributed by atoms with E-state index < -0.39 is 5.97 Å². The summed E-state index contributed by atoms with van der Waals surface area (Å²) in [6.45, 7) is 5.49. The number of rotatable bonds is 6. The van der Waals surface area contributed by atoms with Crippen molar-refractivity contribution in [2.75, 3.05) is 7.11 Å². The minimum absolute atomic E-state index is 0.0256. The molecule has 172 valence electrons. The Morgan fingerprint density at radius 1 is 1.09 bits per heavy atom. The molecule has 5 aromatic rings. The molecule has 0 fully saturated rings. The van der Waals surface area contributed by atoms with Crippen molar-refractivity contribution in [1.82, 2.24) is 15.1 Å². The molecule has 4 aromatic heterocycles. The lowest BCUT2D eigenvalue weighted by Crippen LogP contribution is -2.07. The summed E-state index contributed by atoms with van der Waals surface area (Å²) in [5.74, 6) is 1.68. The summed E-state index contributed by atoms with van der Waals surface area (Å²) in [6, 6.07) is 11.2. The quantitative estimate of drug-likeness (QED) is 0.280. The highest BCUT2D eigenvalue weighted by Gasteiger charge is 2.22. The molecule has 0 aliphatic carbocycles. The fourth-order valence-electron chi connectivity index (χ4n) is 3.81. The maximum absolute atomic E-state index is 13.1. The van der Waals surface area contributed by atoms with Crippen molar-refractivity contribution < 1.29 is 23.2 Å². The molecule has 4 heterocycles. The number of carbonyl (C=O) groups excluding carboxylic acids is 1. The van der Waals surface area contributed by atoms with Gasteiger partial charge < -0.3 is 18.4 Å². The van der Waals surface area contributed by atoms with Gasteiger partial charge in [0.05, 0.1) is 40.7 Å². The van der Waals surface area contributed by atoms with Gasteiger partial charge in [0.15, 0.2) is 0 Å². The van der Waals surface area contributed by atoms with E-state index in [0.717, 1.165) is 27.6 Å². The van der Waals surface area contributed by atoms with E-state index in [-0.39, 0.29) is 12.3 Å². The Kier molecular flexibility index (Phi) is 5.62. The van der Waals surface area contributed by atoms with Crippen molar-refractivity contribution in [3.05, 3.63) is 70.3 Å². The van der Waals surface area contributed by atoms with E-state index in [1.165, 1.54) is 11.3 Å². The second kappa shape index (κ2) is 8.75. The van der Waals surface area contributed by atoms with Gasteiger partial charge in [-0.3, -0.25) is 0 Å². The molecule has 0 atom stereocenters. The van der Waals surface area contributed by atoms with Crippen LogP contribution in [0.4, 0.5) is 0 Å². The largest absolute Gasteiger partial charge is 0.496 e. The van der Waals surface area contributed by atoms with Crippen LogP contribution in [0.25, 0.3) is 32.9 Å². The maximum Gasteiger partial charge on any atom is 0.339 e. The summed E-state index contributed by atoms with van der Waals surface area (Å²) in [5.41, 5.74) is 4.03. The van der Waals surface area contributed by atoms with Crippen LogP contribution in [0.3, 0.4) is 0 Å². The van der Waals surface area contributed by atoms with Gasteiger partial charge in [-0.25, -0.2) is 14.8 Å². The van der Waals surface area contributed by atoms with Crippen LogP contribution < -0.4 is 4.74 Å². The molecule has 0 spiro atoms.